The molecule has 0 saturated carbocycles. The third-order valence-electron chi connectivity index (χ3n) is 3.03. The molecule has 0 aliphatic heterocycles. The smallest absolute Gasteiger partial charge is 0.193 e. The normalized spacial score (nSPS) is 11.4. The van der Waals surface area contributed by atoms with Crippen molar-refractivity contribution in [3.05, 3.63) is 40.4 Å². The minimum absolute atomic E-state index is 0.776. The largest absolute Gasteiger partial charge is 0.307 e. The van der Waals surface area contributed by atoms with E-state index in [9.17, 15) is 0 Å². The summed E-state index contributed by atoms with van der Waals surface area (Å²) in [4.78, 5) is 5.58. The number of imidazole rings is 1. The van der Waals surface area contributed by atoms with Crippen molar-refractivity contribution >= 4 is 16.3 Å². The molecule has 3 aromatic rings. The van der Waals surface area contributed by atoms with Gasteiger partial charge in [0.15, 0.2) is 4.96 Å². The molecule has 6 heteroatoms. The lowest BCUT2D eigenvalue weighted by Crippen LogP contribution is -2.13. The van der Waals surface area contributed by atoms with E-state index in [-0.39, 0.29) is 0 Å². The molecule has 0 atom stereocenters. The molecule has 94 valence electrons. The highest BCUT2D eigenvalue weighted by molar-refractivity contribution is 7.15. The summed E-state index contributed by atoms with van der Waals surface area (Å²) in [5.41, 5.74) is 4.51. The zero-order valence-electron chi connectivity index (χ0n) is 10.4. The third kappa shape index (κ3) is 2.04. The first-order valence-electron chi connectivity index (χ1n) is 5.86. The highest BCUT2D eigenvalue weighted by Crippen LogP contribution is 2.12. The van der Waals surface area contributed by atoms with Gasteiger partial charge in [-0.05, 0) is 13.8 Å². The monoisotopic (exact) mass is 261 g/mol. The fourth-order valence-corrected chi connectivity index (χ4v) is 2.73. The van der Waals surface area contributed by atoms with Crippen LogP contribution in [-0.4, -0.2) is 19.6 Å². The number of fused-ring (bicyclic) bond motifs is 1. The summed E-state index contributed by atoms with van der Waals surface area (Å²) >= 11 is 1.65. The number of H-pyrrole nitrogens is 1. The van der Waals surface area contributed by atoms with Crippen molar-refractivity contribution in [2.24, 2.45) is 0 Å². The molecular weight excluding hydrogens is 246 g/mol. The molecule has 3 aromatic heterocycles. The number of nitrogens with one attached hydrogen (secondary N) is 2. The molecule has 0 fully saturated rings. The summed E-state index contributed by atoms with van der Waals surface area (Å²) in [5, 5.41) is 12.6. The average molecular weight is 261 g/mol. The fraction of sp³-hybridized carbons (Fsp3) is 0.333. The maximum atomic E-state index is 4.53. The van der Waals surface area contributed by atoms with E-state index in [1.807, 2.05) is 25.4 Å². The molecule has 0 bridgehead atoms. The highest BCUT2D eigenvalue weighted by atomic mass is 32.1. The highest BCUT2D eigenvalue weighted by Gasteiger charge is 2.06. The Labute approximate surface area is 109 Å². The van der Waals surface area contributed by atoms with Crippen molar-refractivity contribution < 1.29 is 0 Å². The molecule has 0 unspecified atom stereocenters. The van der Waals surface area contributed by atoms with E-state index >= 15 is 0 Å². The summed E-state index contributed by atoms with van der Waals surface area (Å²) in [7, 11) is 0. The van der Waals surface area contributed by atoms with Crippen molar-refractivity contribution in [1.82, 2.24) is 24.9 Å². The number of hydrogen-bond acceptors (Lipinski definition) is 4. The Hall–Kier alpha value is -1.66. The van der Waals surface area contributed by atoms with Gasteiger partial charge >= 0.3 is 0 Å². The van der Waals surface area contributed by atoms with Gasteiger partial charge in [-0.15, -0.1) is 11.3 Å². The van der Waals surface area contributed by atoms with E-state index in [1.54, 1.807) is 11.3 Å². The number of aryl methyl sites for hydroxylation is 2. The maximum Gasteiger partial charge on any atom is 0.193 e. The van der Waals surface area contributed by atoms with E-state index in [0.717, 1.165) is 35.1 Å². The first-order chi connectivity index (χ1) is 8.74. The van der Waals surface area contributed by atoms with Crippen LogP contribution in [0.2, 0.25) is 0 Å². The van der Waals surface area contributed by atoms with Crippen LogP contribution >= 0.6 is 11.3 Å². The maximum absolute atomic E-state index is 4.53. The van der Waals surface area contributed by atoms with Crippen LogP contribution in [0.1, 0.15) is 22.6 Å². The predicted octanol–water partition coefficient (Wildman–Crippen LogP) is 2.03. The molecule has 0 saturated heterocycles. The Morgan fingerprint density at radius 1 is 1.39 bits per heavy atom. The Morgan fingerprint density at radius 3 is 3.00 bits per heavy atom. The van der Waals surface area contributed by atoms with E-state index in [0.29, 0.717) is 0 Å². The van der Waals surface area contributed by atoms with Crippen molar-refractivity contribution in [3.63, 3.8) is 0 Å². The topological polar surface area (TPSA) is 58.0 Å². The summed E-state index contributed by atoms with van der Waals surface area (Å²) in [5.74, 6) is 0. The SMILES string of the molecule is Cc1n[nH]c(C)c1CNCc1cn2ccsc2n1. The van der Waals surface area contributed by atoms with Crippen LogP contribution in [0.3, 0.4) is 0 Å². The van der Waals surface area contributed by atoms with Crippen LogP contribution in [0, 0.1) is 13.8 Å². The lowest BCUT2D eigenvalue weighted by molar-refractivity contribution is 0.678. The van der Waals surface area contributed by atoms with Gasteiger partial charge in [0.25, 0.3) is 0 Å². The van der Waals surface area contributed by atoms with Gasteiger partial charge in [-0.1, -0.05) is 0 Å². The van der Waals surface area contributed by atoms with Crippen LogP contribution in [0.5, 0.6) is 0 Å². The molecule has 18 heavy (non-hydrogen) atoms. The second kappa shape index (κ2) is 4.55. The van der Waals surface area contributed by atoms with Crippen LogP contribution in [0.15, 0.2) is 17.8 Å². The minimum Gasteiger partial charge on any atom is -0.307 e. The number of hydrogen-bond donors (Lipinski definition) is 2. The van der Waals surface area contributed by atoms with Crippen molar-refractivity contribution in [3.8, 4) is 0 Å². The van der Waals surface area contributed by atoms with Gasteiger partial charge in [0.2, 0.25) is 0 Å². The summed E-state index contributed by atoms with van der Waals surface area (Å²) in [6, 6.07) is 0. The predicted molar refractivity (Wildman–Crippen MR) is 71.7 cm³/mol. The molecule has 0 aromatic carbocycles. The van der Waals surface area contributed by atoms with Crippen molar-refractivity contribution in [1.29, 1.82) is 0 Å². The van der Waals surface area contributed by atoms with Gasteiger partial charge in [0, 0.05) is 42.1 Å². The molecular formula is C12H15N5S. The first kappa shape index (κ1) is 11.4. The molecule has 2 N–H and O–H groups in total. The van der Waals surface area contributed by atoms with E-state index in [2.05, 4.69) is 31.1 Å². The second-order valence-electron chi connectivity index (χ2n) is 4.34. The molecule has 0 radical (unpaired) electrons. The van der Waals surface area contributed by atoms with Crippen LogP contribution < -0.4 is 5.32 Å². The number of aromatic nitrogens is 4. The van der Waals surface area contributed by atoms with Gasteiger partial charge in [0.05, 0.1) is 11.4 Å². The molecule has 3 rings (SSSR count). The molecule has 0 spiro atoms. The quantitative estimate of drug-likeness (QED) is 0.755. The van der Waals surface area contributed by atoms with Gasteiger partial charge in [-0.2, -0.15) is 5.10 Å². The summed E-state index contributed by atoms with van der Waals surface area (Å²) in [6.07, 6.45) is 4.09. The lowest BCUT2D eigenvalue weighted by Gasteiger charge is -2.02. The molecule has 0 amide bonds. The molecule has 5 nitrogen and oxygen atoms in total. The Kier molecular flexibility index (Phi) is 2.89. The van der Waals surface area contributed by atoms with E-state index in [4.69, 9.17) is 0 Å². The van der Waals surface area contributed by atoms with Crippen LogP contribution in [-0.2, 0) is 13.1 Å². The minimum atomic E-state index is 0.776. The number of aromatic amines is 1. The molecule has 3 heterocycles. The average Bonchev–Trinajstić information content (AvgIpc) is 2.98. The van der Waals surface area contributed by atoms with Gasteiger partial charge in [0.1, 0.15) is 0 Å². The fourth-order valence-electron chi connectivity index (χ4n) is 2.01. The van der Waals surface area contributed by atoms with Crippen LogP contribution in [0.4, 0.5) is 0 Å². The van der Waals surface area contributed by atoms with Gasteiger partial charge in [-0.25, -0.2) is 4.98 Å². The van der Waals surface area contributed by atoms with Crippen LogP contribution in [0.25, 0.3) is 4.96 Å². The second-order valence-corrected chi connectivity index (χ2v) is 5.21. The van der Waals surface area contributed by atoms with Crippen molar-refractivity contribution in [2.75, 3.05) is 0 Å². The summed E-state index contributed by atoms with van der Waals surface area (Å²) in [6.45, 7) is 5.66. The number of nitrogens with zero attached hydrogens (tertiary/aromatic N) is 3. The zero-order valence-corrected chi connectivity index (χ0v) is 11.2. The summed E-state index contributed by atoms with van der Waals surface area (Å²) < 4.78 is 2.05. The Morgan fingerprint density at radius 2 is 2.28 bits per heavy atom. The third-order valence-corrected chi connectivity index (χ3v) is 3.80. The van der Waals surface area contributed by atoms with Gasteiger partial charge in [-0.3, -0.25) is 9.50 Å². The standard InChI is InChI=1S/C12H15N5S/c1-8-11(9(2)16-15-8)6-13-5-10-7-17-3-4-18-12(17)14-10/h3-4,7,13H,5-6H2,1-2H3,(H,15,16). The zero-order chi connectivity index (χ0) is 12.5. The number of thiazole rings is 1. The van der Waals surface area contributed by atoms with Gasteiger partial charge < -0.3 is 5.32 Å². The lowest BCUT2D eigenvalue weighted by atomic mass is 10.2. The Bertz CT molecular complexity index is 615. The first-order valence-corrected chi connectivity index (χ1v) is 6.74. The Balaban J connectivity index is 1.63. The van der Waals surface area contributed by atoms with E-state index in [1.165, 1.54) is 5.56 Å². The number of rotatable bonds is 4. The molecule has 0 aliphatic carbocycles. The van der Waals surface area contributed by atoms with Crippen molar-refractivity contribution in [2.45, 2.75) is 26.9 Å². The van der Waals surface area contributed by atoms with E-state index < -0.39 is 0 Å². The molecule has 0 aliphatic rings.